The molecule has 7 heteroatoms. The van der Waals surface area contributed by atoms with Crippen LogP contribution < -0.4 is 5.32 Å². The van der Waals surface area contributed by atoms with E-state index in [1.54, 1.807) is 6.07 Å². The zero-order valence-electron chi connectivity index (χ0n) is 10.9. The van der Waals surface area contributed by atoms with Gasteiger partial charge in [-0.2, -0.15) is 0 Å². The molecule has 0 unspecified atom stereocenters. The number of hydrogen-bond acceptors (Lipinski definition) is 4. The van der Waals surface area contributed by atoms with Crippen LogP contribution in [0.2, 0.25) is 0 Å². The second kappa shape index (κ2) is 6.36. The van der Waals surface area contributed by atoms with Gasteiger partial charge in [0.1, 0.15) is 6.04 Å². The molecule has 0 bridgehead atoms. The largest absolute Gasteiger partial charge is 0.481 e. The Morgan fingerprint density at radius 2 is 1.90 bits per heavy atom. The fraction of sp³-hybridized carbons (Fsp3) is 0.214. The maximum absolute atomic E-state index is 12.1. The molecule has 0 fully saturated rings. The van der Waals surface area contributed by atoms with Crippen molar-refractivity contribution in [3.63, 3.8) is 0 Å². The summed E-state index contributed by atoms with van der Waals surface area (Å²) in [4.78, 5) is 34.0. The van der Waals surface area contributed by atoms with Gasteiger partial charge in [0.15, 0.2) is 0 Å². The molecule has 110 valence electrons. The number of carboxylic acids is 2. The number of fused-ring (bicyclic) bond motifs is 1. The normalized spacial score (nSPS) is 12.0. The lowest BCUT2D eigenvalue weighted by Gasteiger charge is -2.12. The van der Waals surface area contributed by atoms with Crippen LogP contribution in [0.25, 0.3) is 10.1 Å². The molecule has 1 aromatic carbocycles. The Labute approximate surface area is 124 Å². The van der Waals surface area contributed by atoms with Gasteiger partial charge >= 0.3 is 11.9 Å². The van der Waals surface area contributed by atoms with Crippen molar-refractivity contribution < 1.29 is 24.6 Å². The molecule has 0 aliphatic rings. The van der Waals surface area contributed by atoms with Crippen molar-refractivity contribution >= 4 is 39.3 Å². The van der Waals surface area contributed by atoms with Crippen LogP contribution in [0.4, 0.5) is 0 Å². The lowest BCUT2D eigenvalue weighted by molar-refractivity contribution is -0.140. The second-order valence-corrected chi connectivity index (χ2v) is 5.53. The Kier molecular flexibility index (Phi) is 4.54. The highest BCUT2D eigenvalue weighted by Gasteiger charge is 2.22. The molecule has 1 atom stereocenters. The first kappa shape index (κ1) is 15.0. The number of hydrogen-bond donors (Lipinski definition) is 3. The van der Waals surface area contributed by atoms with E-state index in [1.165, 1.54) is 11.3 Å². The van der Waals surface area contributed by atoms with Crippen molar-refractivity contribution in [2.75, 3.05) is 0 Å². The average molecular weight is 307 g/mol. The van der Waals surface area contributed by atoms with Crippen LogP contribution in [-0.2, 0) is 9.59 Å². The number of rotatable bonds is 6. The fourth-order valence-corrected chi connectivity index (χ4v) is 2.81. The van der Waals surface area contributed by atoms with Crippen LogP contribution in [0, 0.1) is 0 Å². The first-order valence-corrected chi connectivity index (χ1v) is 7.03. The third-order valence-corrected chi connectivity index (χ3v) is 4.01. The molecule has 0 saturated heterocycles. The molecule has 0 spiro atoms. The van der Waals surface area contributed by atoms with Gasteiger partial charge in [-0.1, -0.05) is 18.2 Å². The van der Waals surface area contributed by atoms with Gasteiger partial charge in [0.05, 0.1) is 4.88 Å². The lowest BCUT2D eigenvalue weighted by Crippen LogP contribution is -2.40. The van der Waals surface area contributed by atoms with Crippen molar-refractivity contribution in [1.29, 1.82) is 0 Å². The van der Waals surface area contributed by atoms with E-state index in [1.807, 2.05) is 24.3 Å². The summed E-state index contributed by atoms with van der Waals surface area (Å²) in [6.45, 7) is 0. The highest BCUT2D eigenvalue weighted by Crippen LogP contribution is 2.25. The Hall–Kier alpha value is -2.41. The van der Waals surface area contributed by atoms with Gasteiger partial charge in [-0.3, -0.25) is 9.59 Å². The third kappa shape index (κ3) is 3.79. The first-order valence-electron chi connectivity index (χ1n) is 6.21. The summed E-state index contributed by atoms with van der Waals surface area (Å²) in [5.41, 5.74) is 0. The number of carbonyl (C=O) groups excluding carboxylic acids is 1. The van der Waals surface area contributed by atoms with E-state index in [9.17, 15) is 14.4 Å². The van der Waals surface area contributed by atoms with Crippen LogP contribution in [0.3, 0.4) is 0 Å². The highest BCUT2D eigenvalue weighted by atomic mass is 32.1. The molecular formula is C14H13NO5S. The van der Waals surface area contributed by atoms with E-state index < -0.39 is 23.9 Å². The highest BCUT2D eigenvalue weighted by molar-refractivity contribution is 7.20. The molecule has 2 aromatic rings. The summed E-state index contributed by atoms with van der Waals surface area (Å²) >= 11 is 1.26. The summed E-state index contributed by atoms with van der Waals surface area (Å²) in [6, 6.07) is 7.92. The molecule has 6 nitrogen and oxygen atoms in total. The minimum Gasteiger partial charge on any atom is -0.481 e. The monoisotopic (exact) mass is 307 g/mol. The lowest BCUT2D eigenvalue weighted by atomic mass is 10.1. The zero-order valence-corrected chi connectivity index (χ0v) is 11.7. The summed E-state index contributed by atoms with van der Waals surface area (Å²) < 4.78 is 0.931. The quantitative estimate of drug-likeness (QED) is 0.756. The fourth-order valence-electron chi connectivity index (χ4n) is 1.85. The summed E-state index contributed by atoms with van der Waals surface area (Å²) in [7, 11) is 0. The van der Waals surface area contributed by atoms with Crippen molar-refractivity contribution in [3.8, 4) is 0 Å². The maximum atomic E-state index is 12.1. The summed E-state index contributed by atoms with van der Waals surface area (Å²) in [5.74, 6) is -2.85. The smallest absolute Gasteiger partial charge is 0.326 e. The summed E-state index contributed by atoms with van der Waals surface area (Å²) in [6.07, 6.45) is -0.467. The Balaban J connectivity index is 2.10. The third-order valence-electron chi connectivity index (χ3n) is 2.90. The molecule has 0 radical (unpaired) electrons. The van der Waals surface area contributed by atoms with Gasteiger partial charge in [0.25, 0.3) is 5.91 Å². The van der Waals surface area contributed by atoms with E-state index in [0.717, 1.165) is 10.1 Å². The number of carbonyl (C=O) groups is 3. The number of benzene rings is 1. The van der Waals surface area contributed by atoms with Crippen LogP contribution in [0.15, 0.2) is 30.3 Å². The van der Waals surface area contributed by atoms with Crippen LogP contribution in [-0.4, -0.2) is 34.1 Å². The standard InChI is InChI=1S/C14H13NO5S/c16-12(17)6-5-9(14(19)20)15-13(18)11-7-8-3-1-2-4-10(8)21-11/h1-4,7,9H,5-6H2,(H,15,18)(H,16,17)(H,19,20)/t9-/m0/s1. The van der Waals surface area contributed by atoms with Gasteiger partial charge in [0, 0.05) is 11.1 Å². The number of carboxylic acid groups (broad SMARTS) is 2. The maximum Gasteiger partial charge on any atom is 0.326 e. The number of aliphatic carboxylic acids is 2. The van der Waals surface area contributed by atoms with Crippen LogP contribution in [0.5, 0.6) is 0 Å². The van der Waals surface area contributed by atoms with Crippen LogP contribution in [0.1, 0.15) is 22.5 Å². The van der Waals surface area contributed by atoms with Gasteiger partial charge in [0.2, 0.25) is 0 Å². The minimum absolute atomic E-state index is 0.151. The molecule has 1 amide bonds. The van der Waals surface area contributed by atoms with Crippen molar-refractivity contribution in [1.82, 2.24) is 5.32 Å². The van der Waals surface area contributed by atoms with Gasteiger partial charge in [-0.25, -0.2) is 4.79 Å². The van der Waals surface area contributed by atoms with E-state index in [0.29, 0.717) is 4.88 Å². The molecule has 0 aliphatic carbocycles. The van der Waals surface area contributed by atoms with Gasteiger partial charge < -0.3 is 15.5 Å². The van der Waals surface area contributed by atoms with E-state index >= 15 is 0 Å². The minimum atomic E-state index is -1.24. The van der Waals surface area contributed by atoms with Crippen LogP contribution >= 0.6 is 11.3 Å². The topological polar surface area (TPSA) is 104 Å². The Morgan fingerprint density at radius 1 is 1.19 bits per heavy atom. The SMILES string of the molecule is O=C(O)CC[C@H](NC(=O)c1cc2ccccc2s1)C(=O)O. The van der Waals surface area contributed by atoms with Crippen molar-refractivity contribution in [3.05, 3.63) is 35.2 Å². The summed E-state index contributed by atoms with van der Waals surface area (Å²) in [5, 5.41) is 20.9. The van der Waals surface area contributed by atoms with Crippen molar-refractivity contribution in [2.24, 2.45) is 0 Å². The molecule has 1 aromatic heterocycles. The molecule has 2 rings (SSSR count). The molecular weight excluding hydrogens is 294 g/mol. The number of thiophene rings is 1. The second-order valence-electron chi connectivity index (χ2n) is 4.45. The molecule has 0 aliphatic heterocycles. The predicted molar refractivity (Wildman–Crippen MR) is 77.6 cm³/mol. The van der Waals surface area contributed by atoms with E-state index in [4.69, 9.17) is 10.2 Å². The molecule has 21 heavy (non-hydrogen) atoms. The van der Waals surface area contributed by atoms with E-state index in [-0.39, 0.29) is 12.8 Å². The first-order chi connectivity index (χ1) is 9.97. The zero-order chi connectivity index (χ0) is 15.4. The Morgan fingerprint density at radius 3 is 2.52 bits per heavy atom. The van der Waals surface area contributed by atoms with Gasteiger partial charge in [-0.15, -0.1) is 11.3 Å². The molecule has 3 N–H and O–H groups in total. The molecule has 0 saturated carbocycles. The number of amides is 1. The predicted octanol–water partition coefficient (Wildman–Crippen LogP) is 1.95. The Bertz CT molecular complexity index is 660. The van der Waals surface area contributed by atoms with Crippen molar-refractivity contribution in [2.45, 2.75) is 18.9 Å². The average Bonchev–Trinajstić information content (AvgIpc) is 2.86. The van der Waals surface area contributed by atoms with Gasteiger partial charge in [-0.05, 0) is 23.9 Å². The van der Waals surface area contributed by atoms with E-state index in [2.05, 4.69) is 5.32 Å². The number of nitrogens with one attached hydrogen (secondary N) is 1. The molecule has 1 heterocycles.